The summed E-state index contributed by atoms with van der Waals surface area (Å²) in [5, 5.41) is 4.63. The summed E-state index contributed by atoms with van der Waals surface area (Å²) in [7, 11) is 1.85. The number of aromatic nitrogens is 1. The van der Waals surface area contributed by atoms with E-state index in [-0.39, 0.29) is 12.2 Å². The van der Waals surface area contributed by atoms with Gasteiger partial charge in [-0.15, -0.1) is 11.3 Å². The van der Waals surface area contributed by atoms with Crippen LogP contribution in [0.25, 0.3) is 0 Å². The monoisotopic (exact) mass is 352 g/mol. The zero-order valence-corrected chi connectivity index (χ0v) is 15.7. The first-order chi connectivity index (χ1) is 11.7. The van der Waals surface area contributed by atoms with Crippen molar-refractivity contribution in [1.29, 1.82) is 0 Å². The van der Waals surface area contributed by atoms with Crippen molar-refractivity contribution in [2.45, 2.75) is 45.3 Å². The third kappa shape index (κ3) is 4.26. The lowest BCUT2D eigenvalue weighted by Gasteiger charge is -2.37. The number of thiazole rings is 1. The van der Waals surface area contributed by atoms with Crippen molar-refractivity contribution in [3.63, 3.8) is 0 Å². The lowest BCUT2D eigenvalue weighted by Crippen LogP contribution is -2.53. The first-order valence-corrected chi connectivity index (χ1v) is 9.60. The predicted molar refractivity (Wildman–Crippen MR) is 96.9 cm³/mol. The van der Waals surface area contributed by atoms with E-state index in [0.29, 0.717) is 0 Å². The SMILES string of the molecule is CN=C(NCCc1sc(C)nc1C)N1CCOC(C2CCCO2)C1. The number of ether oxygens (including phenoxy) is 2. The van der Waals surface area contributed by atoms with Gasteiger partial charge in [-0.1, -0.05) is 0 Å². The number of guanidine groups is 1. The van der Waals surface area contributed by atoms with E-state index in [2.05, 4.69) is 34.0 Å². The Kier molecular flexibility index (Phi) is 6.08. The second kappa shape index (κ2) is 8.27. The molecule has 0 aliphatic carbocycles. The largest absolute Gasteiger partial charge is 0.375 e. The zero-order valence-electron chi connectivity index (χ0n) is 14.9. The molecule has 0 aromatic carbocycles. The van der Waals surface area contributed by atoms with Gasteiger partial charge in [-0.2, -0.15) is 0 Å². The fourth-order valence-electron chi connectivity index (χ4n) is 3.41. The molecule has 0 amide bonds. The zero-order chi connectivity index (χ0) is 16.9. The van der Waals surface area contributed by atoms with Crippen LogP contribution in [0.15, 0.2) is 4.99 Å². The van der Waals surface area contributed by atoms with Crippen LogP contribution < -0.4 is 5.32 Å². The highest BCUT2D eigenvalue weighted by Gasteiger charge is 2.32. The lowest BCUT2D eigenvalue weighted by atomic mass is 10.1. The van der Waals surface area contributed by atoms with Crippen molar-refractivity contribution in [1.82, 2.24) is 15.2 Å². The lowest BCUT2D eigenvalue weighted by molar-refractivity contribution is -0.0816. The Labute approximate surface area is 148 Å². The second-order valence-corrected chi connectivity index (χ2v) is 7.66. The molecule has 2 atom stereocenters. The van der Waals surface area contributed by atoms with E-state index >= 15 is 0 Å². The maximum Gasteiger partial charge on any atom is 0.193 e. The number of hydrogen-bond donors (Lipinski definition) is 1. The standard InChI is InChI=1S/C17H28N4O2S/c1-12-16(24-13(2)20-12)6-7-19-17(18-3)21-8-10-23-15(11-21)14-5-4-9-22-14/h14-15H,4-11H2,1-3H3,(H,18,19). The molecule has 7 heteroatoms. The van der Waals surface area contributed by atoms with Crippen LogP contribution in [0.4, 0.5) is 0 Å². The molecule has 0 bridgehead atoms. The smallest absolute Gasteiger partial charge is 0.193 e. The van der Waals surface area contributed by atoms with Crippen LogP contribution in [0, 0.1) is 13.8 Å². The Balaban J connectivity index is 1.50. The van der Waals surface area contributed by atoms with E-state index in [1.807, 2.05) is 7.05 Å². The predicted octanol–water partition coefficient (Wildman–Crippen LogP) is 1.76. The highest BCUT2D eigenvalue weighted by atomic mass is 32.1. The van der Waals surface area contributed by atoms with E-state index in [0.717, 1.165) is 68.8 Å². The molecular formula is C17H28N4O2S. The van der Waals surface area contributed by atoms with Crippen LogP contribution in [-0.4, -0.2) is 67.9 Å². The Morgan fingerprint density at radius 2 is 2.17 bits per heavy atom. The molecule has 24 heavy (non-hydrogen) atoms. The molecule has 6 nitrogen and oxygen atoms in total. The van der Waals surface area contributed by atoms with Crippen LogP contribution in [0.2, 0.25) is 0 Å². The van der Waals surface area contributed by atoms with Gasteiger partial charge in [-0.25, -0.2) is 4.98 Å². The molecule has 1 N–H and O–H groups in total. The average molecular weight is 353 g/mol. The first kappa shape index (κ1) is 17.6. The third-order valence-electron chi connectivity index (χ3n) is 4.62. The maximum absolute atomic E-state index is 5.92. The molecular weight excluding hydrogens is 324 g/mol. The van der Waals surface area contributed by atoms with Crippen LogP contribution in [-0.2, 0) is 15.9 Å². The molecule has 3 rings (SSSR count). The van der Waals surface area contributed by atoms with E-state index < -0.39 is 0 Å². The quantitative estimate of drug-likeness (QED) is 0.661. The van der Waals surface area contributed by atoms with Crippen LogP contribution in [0.3, 0.4) is 0 Å². The number of nitrogens with zero attached hydrogens (tertiary/aromatic N) is 3. The van der Waals surface area contributed by atoms with Crippen LogP contribution in [0.1, 0.15) is 28.4 Å². The Morgan fingerprint density at radius 1 is 1.33 bits per heavy atom. The van der Waals surface area contributed by atoms with Crippen molar-refractivity contribution in [3.8, 4) is 0 Å². The summed E-state index contributed by atoms with van der Waals surface area (Å²) in [6.45, 7) is 8.35. The van der Waals surface area contributed by atoms with E-state index in [1.54, 1.807) is 11.3 Å². The van der Waals surface area contributed by atoms with E-state index in [9.17, 15) is 0 Å². The fraction of sp³-hybridized carbons (Fsp3) is 0.765. The van der Waals surface area contributed by atoms with Crippen molar-refractivity contribution in [2.24, 2.45) is 4.99 Å². The second-order valence-electron chi connectivity index (χ2n) is 6.37. The summed E-state index contributed by atoms with van der Waals surface area (Å²) < 4.78 is 11.7. The summed E-state index contributed by atoms with van der Waals surface area (Å²) >= 11 is 1.79. The van der Waals surface area contributed by atoms with Crippen molar-refractivity contribution in [2.75, 3.05) is 39.9 Å². The van der Waals surface area contributed by atoms with Gasteiger partial charge >= 0.3 is 0 Å². The highest BCUT2D eigenvalue weighted by molar-refractivity contribution is 7.11. The van der Waals surface area contributed by atoms with Crippen LogP contribution in [0.5, 0.6) is 0 Å². The summed E-state index contributed by atoms with van der Waals surface area (Å²) in [6.07, 6.45) is 3.63. The van der Waals surface area contributed by atoms with Gasteiger partial charge < -0.3 is 19.7 Å². The number of aryl methyl sites for hydroxylation is 2. The Morgan fingerprint density at radius 3 is 2.83 bits per heavy atom. The first-order valence-electron chi connectivity index (χ1n) is 8.79. The van der Waals surface area contributed by atoms with Crippen molar-refractivity contribution < 1.29 is 9.47 Å². The molecule has 1 aromatic rings. The van der Waals surface area contributed by atoms with Gasteiger partial charge in [0, 0.05) is 44.6 Å². The van der Waals surface area contributed by atoms with Gasteiger partial charge in [0.05, 0.1) is 23.4 Å². The van der Waals surface area contributed by atoms with E-state index in [4.69, 9.17) is 9.47 Å². The normalized spacial score (nSPS) is 25.3. The van der Waals surface area contributed by atoms with Crippen molar-refractivity contribution in [3.05, 3.63) is 15.6 Å². The molecule has 3 heterocycles. The highest BCUT2D eigenvalue weighted by Crippen LogP contribution is 2.21. The van der Waals surface area contributed by atoms with Crippen molar-refractivity contribution >= 4 is 17.3 Å². The molecule has 0 spiro atoms. The molecule has 1 aromatic heterocycles. The average Bonchev–Trinajstić information content (AvgIpc) is 3.22. The minimum absolute atomic E-state index is 0.159. The molecule has 0 saturated carbocycles. The number of morpholine rings is 1. The van der Waals surface area contributed by atoms with Gasteiger partial charge in [0.1, 0.15) is 6.10 Å². The molecule has 2 aliphatic rings. The number of aliphatic imine (C=N–C) groups is 1. The molecule has 2 fully saturated rings. The topological polar surface area (TPSA) is 59.0 Å². The van der Waals surface area contributed by atoms with Gasteiger partial charge in [0.15, 0.2) is 5.96 Å². The number of nitrogens with one attached hydrogen (secondary N) is 1. The minimum atomic E-state index is 0.159. The van der Waals surface area contributed by atoms with Gasteiger partial charge in [-0.05, 0) is 26.7 Å². The number of rotatable bonds is 4. The summed E-state index contributed by atoms with van der Waals surface area (Å²) in [5.74, 6) is 0.959. The third-order valence-corrected chi connectivity index (χ3v) is 5.75. The number of hydrogen-bond acceptors (Lipinski definition) is 5. The Hall–Kier alpha value is -1.18. The van der Waals surface area contributed by atoms with Gasteiger partial charge in [0.25, 0.3) is 0 Å². The fourth-order valence-corrected chi connectivity index (χ4v) is 4.35. The molecule has 134 valence electrons. The molecule has 2 unspecified atom stereocenters. The Bertz CT molecular complexity index is 569. The molecule has 0 radical (unpaired) electrons. The maximum atomic E-state index is 5.92. The summed E-state index contributed by atoms with van der Waals surface area (Å²) in [6, 6.07) is 0. The summed E-state index contributed by atoms with van der Waals surface area (Å²) in [4.78, 5) is 12.6. The summed E-state index contributed by atoms with van der Waals surface area (Å²) in [5.41, 5.74) is 1.15. The van der Waals surface area contributed by atoms with Crippen LogP contribution >= 0.6 is 11.3 Å². The van der Waals surface area contributed by atoms with E-state index in [1.165, 1.54) is 4.88 Å². The molecule has 2 saturated heterocycles. The van der Waals surface area contributed by atoms with Gasteiger partial charge in [0.2, 0.25) is 0 Å². The minimum Gasteiger partial charge on any atom is -0.375 e. The molecule has 2 aliphatic heterocycles. The van der Waals surface area contributed by atoms with Gasteiger partial charge in [-0.3, -0.25) is 4.99 Å².